The molecule has 0 saturated carbocycles. The zero-order valence-corrected chi connectivity index (χ0v) is 10.8. The molecule has 6 nitrogen and oxygen atoms in total. The van der Waals surface area contributed by atoms with E-state index in [1.165, 1.54) is 23.0 Å². The lowest BCUT2D eigenvalue weighted by Crippen LogP contribution is -2.30. The third-order valence-corrected chi connectivity index (χ3v) is 3.91. The molecule has 0 spiro atoms. The standard InChI is InChI=1S/C9H12ClN3O3S/c1-17(14,15)13-3-2-8(6-13)16-9-11-4-7(10)5-12-9/h4-5,8H,2-3,6H2,1H3/t8-/m1/s1. The number of hydrogen-bond acceptors (Lipinski definition) is 5. The van der Waals surface area contributed by atoms with E-state index in [0.29, 0.717) is 24.5 Å². The molecular weight excluding hydrogens is 266 g/mol. The topological polar surface area (TPSA) is 72.4 Å². The molecule has 0 bridgehead atoms. The lowest BCUT2D eigenvalue weighted by molar-refractivity contribution is 0.197. The largest absolute Gasteiger partial charge is 0.459 e. The molecule has 1 aromatic heterocycles. The first kappa shape index (κ1) is 12.5. The monoisotopic (exact) mass is 277 g/mol. The van der Waals surface area contributed by atoms with Crippen molar-refractivity contribution < 1.29 is 13.2 Å². The summed E-state index contributed by atoms with van der Waals surface area (Å²) in [5.74, 6) is 0. The van der Waals surface area contributed by atoms with Gasteiger partial charge in [-0.1, -0.05) is 11.6 Å². The molecule has 1 atom stereocenters. The van der Waals surface area contributed by atoms with Crippen LogP contribution in [0.1, 0.15) is 6.42 Å². The summed E-state index contributed by atoms with van der Waals surface area (Å²) in [7, 11) is -3.14. The Hall–Kier alpha value is -0.920. The van der Waals surface area contributed by atoms with Gasteiger partial charge in [-0.15, -0.1) is 0 Å². The van der Waals surface area contributed by atoms with Crippen molar-refractivity contribution in [1.29, 1.82) is 0 Å². The SMILES string of the molecule is CS(=O)(=O)N1CC[C@@H](Oc2ncc(Cl)cn2)C1. The average molecular weight is 278 g/mol. The second kappa shape index (κ2) is 4.75. The van der Waals surface area contributed by atoms with Crippen molar-refractivity contribution in [1.82, 2.24) is 14.3 Å². The molecule has 1 fully saturated rings. The molecule has 0 N–H and O–H groups in total. The number of ether oxygens (including phenoxy) is 1. The van der Waals surface area contributed by atoms with Crippen LogP contribution < -0.4 is 4.74 Å². The van der Waals surface area contributed by atoms with Crippen LogP contribution in [0.3, 0.4) is 0 Å². The number of aromatic nitrogens is 2. The van der Waals surface area contributed by atoms with E-state index in [0.717, 1.165) is 0 Å². The number of hydrogen-bond donors (Lipinski definition) is 0. The predicted molar refractivity (Wildman–Crippen MR) is 62.5 cm³/mol. The van der Waals surface area contributed by atoms with Crippen LogP contribution in [0.5, 0.6) is 6.01 Å². The van der Waals surface area contributed by atoms with Crippen molar-refractivity contribution in [2.75, 3.05) is 19.3 Å². The summed E-state index contributed by atoms with van der Waals surface area (Å²) < 4.78 is 29.4. The van der Waals surface area contributed by atoms with Gasteiger partial charge in [-0.3, -0.25) is 0 Å². The van der Waals surface area contributed by atoms with Gasteiger partial charge in [0.25, 0.3) is 0 Å². The Morgan fingerprint density at radius 2 is 2.12 bits per heavy atom. The summed E-state index contributed by atoms with van der Waals surface area (Å²) >= 11 is 5.64. The van der Waals surface area contributed by atoms with E-state index in [9.17, 15) is 8.42 Å². The molecule has 0 aliphatic carbocycles. The van der Waals surface area contributed by atoms with E-state index in [1.54, 1.807) is 0 Å². The molecule has 1 saturated heterocycles. The van der Waals surface area contributed by atoms with Gasteiger partial charge in [0.1, 0.15) is 6.10 Å². The summed E-state index contributed by atoms with van der Waals surface area (Å²) in [4.78, 5) is 7.79. The first-order valence-electron chi connectivity index (χ1n) is 5.04. The Morgan fingerprint density at radius 1 is 1.47 bits per heavy atom. The highest BCUT2D eigenvalue weighted by Gasteiger charge is 2.30. The highest BCUT2D eigenvalue weighted by atomic mass is 35.5. The molecule has 1 aliphatic heterocycles. The highest BCUT2D eigenvalue weighted by molar-refractivity contribution is 7.88. The Balaban J connectivity index is 1.96. The summed E-state index contributed by atoms with van der Waals surface area (Å²) in [6, 6.07) is 0.217. The first-order valence-corrected chi connectivity index (χ1v) is 7.27. The van der Waals surface area contributed by atoms with Crippen molar-refractivity contribution >= 4 is 21.6 Å². The molecule has 94 valence electrons. The Morgan fingerprint density at radius 3 is 2.65 bits per heavy atom. The zero-order valence-electron chi connectivity index (χ0n) is 9.21. The van der Waals surface area contributed by atoms with Gasteiger partial charge in [0.15, 0.2) is 0 Å². The number of halogens is 1. The molecule has 2 rings (SSSR count). The van der Waals surface area contributed by atoms with Crippen LogP contribution in [-0.4, -0.2) is 48.1 Å². The van der Waals surface area contributed by atoms with Gasteiger partial charge in [0, 0.05) is 6.54 Å². The van der Waals surface area contributed by atoms with Crippen molar-refractivity contribution in [3.63, 3.8) is 0 Å². The normalized spacial score (nSPS) is 21.6. The van der Waals surface area contributed by atoms with E-state index in [-0.39, 0.29) is 12.1 Å². The van der Waals surface area contributed by atoms with Crippen LogP contribution in [0.2, 0.25) is 5.02 Å². The van der Waals surface area contributed by atoms with Gasteiger partial charge in [-0.2, -0.15) is 4.31 Å². The Labute approximate surface area is 105 Å². The highest BCUT2D eigenvalue weighted by Crippen LogP contribution is 2.17. The maximum Gasteiger partial charge on any atom is 0.316 e. The maximum absolute atomic E-state index is 11.3. The second-order valence-electron chi connectivity index (χ2n) is 3.83. The van der Waals surface area contributed by atoms with E-state index in [4.69, 9.17) is 16.3 Å². The fourth-order valence-electron chi connectivity index (χ4n) is 1.61. The van der Waals surface area contributed by atoms with Gasteiger partial charge in [0.2, 0.25) is 10.0 Å². The average Bonchev–Trinajstić information content (AvgIpc) is 2.69. The molecule has 8 heteroatoms. The lowest BCUT2D eigenvalue weighted by Gasteiger charge is -2.13. The summed E-state index contributed by atoms with van der Waals surface area (Å²) in [5.41, 5.74) is 0. The van der Waals surface area contributed by atoms with Crippen LogP contribution in [-0.2, 0) is 10.0 Å². The summed E-state index contributed by atoms with van der Waals surface area (Å²) in [5, 5.41) is 0.432. The third-order valence-electron chi connectivity index (χ3n) is 2.45. The molecule has 1 aliphatic rings. The van der Waals surface area contributed by atoms with E-state index < -0.39 is 10.0 Å². The molecule has 0 unspecified atom stereocenters. The van der Waals surface area contributed by atoms with E-state index in [2.05, 4.69) is 9.97 Å². The van der Waals surface area contributed by atoms with E-state index in [1.807, 2.05) is 0 Å². The smallest absolute Gasteiger partial charge is 0.316 e. The maximum atomic E-state index is 11.3. The number of nitrogens with zero attached hydrogens (tertiary/aromatic N) is 3. The van der Waals surface area contributed by atoms with Crippen LogP contribution in [0.4, 0.5) is 0 Å². The molecule has 2 heterocycles. The van der Waals surface area contributed by atoms with Gasteiger partial charge in [-0.05, 0) is 6.42 Å². The second-order valence-corrected chi connectivity index (χ2v) is 6.25. The van der Waals surface area contributed by atoms with Crippen LogP contribution in [0, 0.1) is 0 Å². The third kappa shape index (κ3) is 3.27. The van der Waals surface area contributed by atoms with Crippen LogP contribution in [0.15, 0.2) is 12.4 Å². The number of rotatable bonds is 3. The van der Waals surface area contributed by atoms with Crippen LogP contribution >= 0.6 is 11.6 Å². The van der Waals surface area contributed by atoms with Gasteiger partial charge in [0.05, 0.1) is 30.2 Å². The van der Waals surface area contributed by atoms with E-state index >= 15 is 0 Å². The molecule has 0 radical (unpaired) electrons. The van der Waals surface area contributed by atoms with Crippen molar-refractivity contribution in [3.8, 4) is 6.01 Å². The minimum absolute atomic E-state index is 0.203. The molecule has 0 amide bonds. The predicted octanol–water partition coefficient (Wildman–Crippen LogP) is 0.543. The zero-order chi connectivity index (χ0) is 12.5. The fourth-order valence-corrected chi connectivity index (χ4v) is 2.58. The van der Waals surface area contributed by atoms with Gasteiger partial charge < -0.3 is 4.74 Å². The van der Waals surface area contributed by atoms with Crippen LogP contribution in [0.25, 0.3) is 0 Å². The lowest BCUT2D eigenvalue weighted by atomic mass is 10.3. The van der Waals surface area contributed by atoms with Crippen molar-refractivity contribution in [2.24, 2.45) is 0 Å². The van der Waals surface area contributed by atoms with Gasteiger partial charge >= 0.3 is 6.01 Å². The molecule has 1 aromatic rings. The molecule has 17 heavy (non-hydrogen) atoms. The fraction of sp³-hybridized carbons (Fsp3) is 0.556. The number of sulfonamides is 1. The minimum Gasteiger partial charge on any atom is -0.459 e. The summed E-state index contributed by atoms with van der Waals surface area (Å²) in [6.07, 6.45) is 4.50. The Bertz CT molecular complexity index is 491. The summed E-state index contributed by atoms with van der Waals surface area (Å²) in [6.45, 7) is 0.807. The Kier molecular flexibility index (Phi) is 3.50. The minimum atomic E-state index is -3.14. The first-order chi connectivity index (χ1) is 7.95. The van der Waals surface area contributed by atoms with Crippen molar-refractivity contribution in [2.45, 2.75) is 12.5 Å². The quantitative estimate of drug-likeness (QED) is 0.806. The van der Waals surface area contributed by atoms with Gasteiger partial charge in [-0.25, -0.2) is 18.4 Å². The van der Waals surface area contributed by atoms with Crippen molar-refractivity contribution in [3.05, 3.63) is 17.4 Å². The molecular formula is C9H12ClN3O3S. The molecule has 0 aromatic carbocycles.